The minimum absolute atomic E-state index is 0.214. The normalized spacial score (nSPS) is 11.7. The van der Waals surface area contributed by atoms with E-state index in [1.54, 1.807) is 31.2 Å². The Bertz CT molecular complexity index is 791. The van der Waals surface area contributed by atoms with Gasteiger partial charge in [0.1, 0.15) is 0 Å². The summed E-state index contributed by atoms with van der Waals surface area (Å²) >= 11 is 0. The topological polar surface area (TPSA) is 85.9 Å². The fourth-order valence-corrected chi connectivity index (χ4v) is 2.36. The van der Waals surface area contributed by atoms with Crippen molar-refractivity contribution in [3.8, 4) is 11.5 Å². The molecule has 25 heavy (non-hydrogen) atoms. The molecule has 7 nitrogen and oxygen atoms in total. The SMILES string of the molecule is CCOC(=O)Nc1cccc(C(=O)NCc2ccc3c(c2)OCO3)c1. The molecule has 0 bridgehead atoms. The van der Waals surface area contributed by atoms with Crippen molar-refractivity contribution in [3.05, 3.63) is 53.6 Å². The molecule has 0 saturated carbocycles. The lowest BCUT2D eigenvalue weighted by Gasteiger charge is -2.09. The van der Waals surface area contributed by atoms with E-state index < -0.39 is 6.09 Å². The van der Waals surface area contributed by atoms with Gasteiger partial charge < -0.3 is 19.5 Å². The van der Waals surface area contributed by atoms with Gasteiger partial charge in [0.25, 0.3) is 5.91 Å². The molecule has 0 atom stereocenters. The van der Waals surface area contributed by atoms with Gasteiger partial charge >= 0.3 is 6.09 Å². The number of fused-ring (bicyclic) bond motifs is 1. The Kier molecular flexibility index (Phi) is 5.03. The standard InChI is InChI=1S/C18H18N2O5/c1-2-23-18(22)20-14-5-3-4-13(9-14)17(21)19-10-12-6-7-15-16(8-12)25-11-24-15/h3-9H,2,10-11H2,1H3,(H,19,21)(H,20,22). The highest BCUT2D eigenvalue weighted by Crippen LogP contribution is 2.32. The number of ether oxygens (including phenoxy) is 3. The molecule has 1 aliphatic heterocycles. The van der Waals surface area contributed by atoms with Gasteiger partial charge in [-0.25, -0.2) is 4.79 Å². The van der Waals surface area contributed by atoms with Gasteiger partial charge in [0.2, 0.25) is 6.79 Å². The molecule has 0 saturated heterocycles. The molecule has 0 spiro atoms. The zero-order valence-corrected chi connectivity index (χ0v) is 13.7. The van der Waals surface area contributed by atoms with Crippen molar-refractivity contribution in [2.45, 2.75) is 13.5 Å². The summed E-state index contributed by atoms with van der Waals surface area (Å²) in [5.41, 5.74) is 1.84. The summed E-state index contributed by atoms with van der Waals surface area (Å²) in [5, 5.41) is 5.40. The van der Waals surface area contributed by atoms with E-state index in [1.165, 1.54) is 0 Å². The van der Waals surface area contributed by atoms with E-state index in [2.05, 4.69) is 10.6 Å². The number of hydrogen-bond acceptors (Lipinski definition) is 5. The van der Waals surface area contributed by atoms with Crippen LogP contribution in [0.3, 0.4) is 0 Å². The molecule has 0 aliphatic carbocycles. The second-order valence-electron chi connectivity index (χ2n) is 5.30. The van der Waals surface area contributed by atoms with Gasteiger partial charge in [0.05, 0.1) is 6.61 Å². The maximum atomic E-state index is 12.3. The van der Waals surface area contributed by atoms with Crippen molar-refractivity contribution in [2.24, 2.45) is 0 Å². The first kappa shape index (κ1) is 16.6. The molecule has 2 aromatic carbocycles. The molecule has 3 rings (SSSR count). The maximum absolute atomic E-state index is 12.3. The molecular formula is C18H18N2O5. The third kappa shape index (κ3) is 4.20. The van der Waals surface area contributed by atoms with Crippen molar-refractivity contribution >= 4 is 17.7 Å². The zero-order valence-electron chi connectivity index (χ0n) is 13.7. The Balaban J connectivity index is 1.60. The van der Waals surface area contributed by atoms with Crippen LogP contribution in [0.1, 0.15) is 22.8 Å². The van der Waals surface area contributed by atoms with E-state index in [9.17, 15) is 9.59 Å². The molecule has 0 unspecified atom stereocenters. The van der Waals surface area contributed by atoms with Crippen molar-refractivity contribution in [2.75, 3.05) is 18.7 Å². The van der Waals surface area contributed by atoms with Crippen LogP contribution >= 0.6 is 0 Å². The highest BCUT2D eigenvalue weighted by Gasteiger charge is 2.14. The lowest BCUT2D eigenvalue weighted by molar-refractivity contribution is 0.0950. The van der Waals surface area contributed by atoms with E-state index in [0.29, 0.717) is 29.3 Å². The van der Waals surface area contributed by atoms with Crippen LogP contribution in [-0.2, 0) is 11.3 Å². The lowest BCUT2D eigenvalue weighted by atomic mass is 10.1. The summed E-state index contributed by atoms with van der Waals surface area (Å²) in [4.78, 5) is 23.7. The van der Waals surface area contributed by atoms with Gasteiger partial charge in [-0.15, -0.1) is 0 Å². The van der Waals surface area contributed by atoms with Crippen LogP contribution in [0.25, 0.3) is 0 Å². The number of carbonyl (C=O) groups is 2. The molecule has 1 aliphatic rings. The second-order valence-corrected chi connectivity index (χ2v) is 5.30. The van der Waals surface area contributed by atoms with Gasteiger partial charge in [0.15, 0.2) is 11.5 Å². The summed E-state index contributed by atoms with van der Waals surface area (Å²) in [6.45, 7) is 2.57. The number of benzene rings is 2. The van der Waals surface area contributed by atoms with E-state index >= 15 is 0 Å². The predicted octanol–water partition coefficient (Wildman–Crippen LogP) is 2.91. The minimum atomic E-state index is -0.555. The third-order valence-corrected chi connectivity index (χ3v) is 3.54. The summed E-state index contributed by atoms with van der Waals surface area (Å²) in [6, 6.07) is 12.2. The van der Waals surface area contributed by atoms with Gasteiger partial charge in [-0.3, -0.25) is 10.1 Å². The molecule has 1 heterocycles. The average Bonchev–Trinajstić information content (AvgIpc) is 3.08. The first-order chi connectivity index (χ1) is 12.2. The Labute approximate surface area is 144 Å². The molecule has 0 radical (unpaired) electrons. The van der Waals surface area contributed by atoms with Crippen LogP contribution in [-0.4, -0.2) is 25.4 Å². The number of anilines is 1. The molecule has 0 fully saturated rings. The number of amides is 2. The molecule has 130 valence electrons. The van der Waals surface area contributed by atoms with Gasteiger partial charge in [-0.05, 0) is 42.8 Å². The Morgan fingerprint density at radius 2 is 1.96 bits per heavy atom. The van der Waals surface area contributed by atoms with Crippen LogP contribution in [0.15, 0.2) is 42.5 Å². The summed E-state index contributed by atoms with van der Waals surface area (Å²) in [7, 11) is 0. The number of rotatable bonds is 5. The second kappa shape index (κ2) is 7.57. The van der Waals surface area contributed by atoms with E-state index in [1.807, 2.05) is 18.2 Å². The van der Waals surface area contributed by atoms with Crippen molar-refractivity contribution in [3.63, 3.8) is 0 Å². The molecule has 7 heteroatoms. The fraction of sp³-hybridized carbons (Fsp3) is 0.222. The first-order valence-corrected chi connectivity index (χ1v) is 7.86. The Morgan fingerprint density at radius 1 is 1.12 bits per heavy atom. The fourth-order valence-electron chi connectivity index (χ4n) is 2.36. The molecule has 2 aromatic rings. The van der Waals surface area contributed by atoms with Gasteiger partial charge in [0, 0.05) is 17.8 Å². The van der Waals surface area contributed by atoms with Crippen LogP contribution in [0.5, 0.6) is 11.5 Å². The number of hydrogen-bond donors (Lipinski definition) is 2. The van der Waals surface area contributed by atoms with Crippen molar-refractivity contribution in [1.29, 1.82) is 0 Å². The highest BCUT2D eigenvalue weighted by molar-refractivity contribution is 5.96. The molecular weight excluding hydrogens is 324 g/mol. The minimum Gasteiger partial charge on any atom is -0.454 e. The summed E-state index contributed by atoms with van der Waals surface area (Å²) in [6.07, 6.45) is -0.555. The summed E-state index contributed by atoms with van der Waals surface area (Å²) in [5.74, 6) is 1.13. The summed E-state index contributed by atoms with van der Waals surface area (Å²) < 4.78 is 15.4. The van der Waals surface area contributed by atoms with Crippen molar-refractivity contribution < 1.29 is 23.8 Å². The first-order valence-electron chi connectivity index (χ1n) is 7.86. The molecule has 2 N–H and O–H groups in total. The quantitative estimate of drug-likeness (QED) is 0.872. The molecule has 2 amide bonds. The van der Waals surface area contributed by atoms with E-state index in [-0.39, 0.29) is 19.3 Å². The maximum Gasteiger partial charge on any atom is 0.411 e. The largest absolute Gasteiger partial charge is 0.454 e. The number of carbonyl (C=O) groups excluding carboxylic acids is 2. The average molecular weight is 342 g/mol. The van der Waals surface area contributed by atoms with Crippen molar-refractivity contribution in [1.82, 2.24) is 5.32 Å². The van der Waals surface area contributed by atoms with E-state index in [0.717, 1.165) is 5.56 Å². The highest BCUT2D eigenvalue weighted by atomic mass is 16.7. The van der Waals surface area contributed by atoms with Gasteiger partial charge in [-0.1, -0.05) is 12.1 Å². The zero-order chi connectivity index (χ0) is 17.6. The third-order valence-electron chi connectivity index (χ3n) is 3.54. The Hall–Kier alpha value is -3.22. The predicted molar refractivity (Wildman–Crippen MR) is 90.8 cm³/mol. The van der Waals surface area contributed by atoms with Crippen LogP contribution in [0, 0.1) is 0 Å². The van der Waals surface area contributed by atoms with Crippen LogP contribution < -0.4 is 20.1 Å². The smallest absolute Gasteiger partial charge is 0.411 e. The monoisotopic (exact) mass is 342 g/mol. The number of nitrogens with one attached hydrogen (secondary N) is 2. The Morgan fingerprint density at radius 3 is 2.80 bits per heavy atom. The lowest BCUT2D eigenvalue weighted by Crippen LogP contribution is -2.23. The molecule has 0 aromatic heterocycles. The van der Waals surface area contributed by atoms with E-state index in [4.69, 9.17) is 14.2 Å². The van der Waals surface area contributed by atoms with Gasteiger partial charge in [-0.2, -0.15) is 0 Å². The van der Waals surface area contributed by atoms with Crippen LogP contribution in [0.4, 0.5) is 10.5 Å². The van der Waals surface area contributed by atoms with Crippen LogP contribution in [0.2, 0.25) is 0 Å².